The summed E-state index contributed by atoms with van der Waals surface area (Å²) in [5.41, 5.74) is 2.82. The van der Waals surface area contributed by atoms with Crippen molar-refractivity contribution in [2.45, 2.75) is 26.3 Å². The molecule has 0 aliphatic carbocycles. The second-order valence-electron chi connectivity index (χ2n) is 5.58. The summed E-state index contributed by atoms with van der Waals surface area (Å²) in [5, 5.41) is 2.95. The zero-order chi connectivity index (χ0) is 17.0. The van der Waals surface area contributed by atoms with Crippen LogP contribution in [0, 0.1) is 0 Å². The second kappa shape index (κ2) is 7.13. The fourth-order valence-corrected chi connectivity index (χ4v) is 2.28. The van der Waals surface area contributed by atoms with Crippen molar-refractivity contribution in [3.05, 3.63) is 47.8 Å². The lowest BCUT2D eigenvalue weighted by molar-refractivity contribution is 0.0590. The molecule has 1 heterocycles. The van der Waals surface area contributed by atoms with E-state index in [0.717, 1.165) is 17.5 Å². The Morgan fingerprint density at radius 2 is 2.00 bits per heavy atom. The lowest BCUT2D eigenvalue weighted by Gasteiger charge is -2.11. The highest BCUT2D eigenvalue weighted by atomic mass is 16.5. The predicted octanol–water partition coefficient (Wildman–Crippen LogP) is 3.01. The third-order valence-corrected chi connectivity index (χ3v) is 3.85. The third kappa shape index (κ3) is 3.80. The standard InChI is InChI=1S/C18H22N2O3/c1-5-12(2)19-17(21)14-8-6-7-13(9-14)15-10-16(18(22)23-4)20(3)11-15/h6-12H,5H2,1-4H3,(H,19,21). The summed E-state index contributed by atoms with van der Waals surface area (Å²) in [7, 11) is 3.14. The number of hydrogen-bond acceptors (Lipinski definition) is 3. The highest BCUT2D eigenvalue weighted by Gasteiger charge is 2.14. The molecule has 23 heavy (non-hydrogen) atoms. The zero-order valence-corrected chi connectivity index (χ0v) is 13.9. The minimum absolute atomic E-state index is 0.0923. The first-order valence-corrected chi connectivity index (χ1v) is 7.62. The second-order valence-corrected chi connectivity index (χ2v) is 5.58. The van der Waals surface area contributed by atoms with Crippen LogP contribution < -0.4 is 5.32 Å². The van der Waals surface area contributed by atoms with Crippen LogP contribution in [0.25, 0.3) is 11.1 Å². The Hall–Kier alpha value is -2.56. The van der Waals surface area contributed by atoms with E-state index < -0.39 is 0 Å². The van der Waals surface area contributed by atoms with Crippen molar-refractivity contribution < 1.29 is 14.3 Å². The minimum Gasteiger partial charge on any atom is -0.464 e. The Bertz CT molecular complexity index is 719. The van der Waals surface area contributed by atoms with E-state index in [1.54, 1.807) is 23.7 Å². The third-order valence-electron chi connectivity index (χ3n) is 3.85. The number of aryl methyl sites for hydroxylation is 1. The van der Waals surface area contributed by atoms with Gasteiger partial charge in [-0.1, -0.05) is 19.1 Å². The van der Waals surface area contributed by atoms with E-state index >= 15 is 0 Å². The number of nitrogens with zero attached hydrogens (tertiary/aromatic N) is 1. The maximum Gasteiger partial charge on any atom is 0.354 e. The van der Waals surface area contributed by atoms with Crippen molar-refractivity contribution in [1.29, 1.82) is 0 Å². The first-order valence-electron chi connectivity index (χ1n) is 7.62. The van der Waals surface area contributed by atoms with Crippen LogP contribution in [0.5, 0.6) is 0 Å². The lowest BCUT2D eigenvalue weighted by atomic mass is 10.0. The van der Waals surface area contributed by atoms with Gasteiger partial charge in [0.2, 0.25) is 0 Å². The van der Waals surface area contributed by atoms with Crippen molar-refractivity contribution in [1.82, 2.24) is 9.88 Å². The Balaban J connectivity index is 2.30. The van der Waals surface area contributed by atoms with E-state index in [1.165, 1.54) is 7.11 Å². The summed E-state index contributed by atoms with van der Waals surface area (Å²) in [5.74, 6) is -0.477. The fourth-order valence-electron chi connectivity index (χ4n) is 2.28. The van der Waals surface area contributed by atoms with Crippen molar-refractivity contribution in [2.75, 3.05) is 7.11 Å². The summed E-state index contributed by atoms with van der Waals surface area (Å²) in [6.45, 7) is 4.00. The van der Waals surface area contributed by atoms with Gasteiger partial charge < -0.3 is 14.6 Å². The zero-order valence-electron chi connectivity index (χ0n) is 13.9. The molecule has 0 aliphatic heterocycles. The van der Waals surface area contributed by atoms with Crippen LogP contribution in [0.2, 0.25) is 0 Å². The molecule has 1 unspecified atom stereocenters. The molecule has 5 heteroatoms. The molecule has 0 spiro atoms. The lowest BCUT2D eigenvalue weighted by Crippen LogP contribution is -2.31. The van der Waals surface area contributed by atoms with Gasteiger partial charge in [-0.05, 0) is 37.1 Å². The van der Waals surface area contributed by atoms with Crippen LogP contribution in [0.3, 0.4) is 0 Å². The molecule has 0 saturated heterocycles. The summed E-state index contributed by atoms with van der Waals surface area (Å²) >= 11 is 0. The first-order chi connectivity index (χ1) is 11.0. The number of nitrogens with one attached hydrogen (secondary N) is 1. The maximum atomic E-state index is 12.2. The molecule has 1 aromatic carbocycles. The molecule has 1 aromatic heterocycles. The number of methoxy groups -OCH3 is 1. The fraction of sp³-hybridized carbons (Fsp3) is 0.333. The number of carbonyl (C=O) groups excluding carboxylic acids is 2. The van der Waals surface area contributed by atoms with E-state index in [4.69, 9.17) is 4.74 Å². The van der Waals surface area contributed by atoms with E-state index in [2.05, 4.69) is 5.32 Å². The maximum absolute atomic E-state index is 12.2. The summed E-state index contributed by atoms with van der Waals surface area (Å²) in [6, 6.07) is 9.26. The molecule has 1 amide bonds. The molecule has 122 valence electrons. The quantitative estimate of drug-likeness (QED) is 0.863. The van der Waals surface area contributed by atoms with Crippen LogP contribution in [-0.4, -0.2) is 29.6 Å². The molecule has 0 bridgehead atoms. The number of esters is 1. The van der Waals surface area contributed by atoms with Gasteiger partial charge in [-0.25, -0.2) is 4.79 Å². The molecular formula is C18H22N2O3. The number of carbonyl (C=O) groups is 2. The number of ether oxygens (including phenoxy) is 1. The molecule has 2 rings (SSSR count). The summed E-state index contributed by atoms with van der Waals surface area (Å²) < 4.78 is 6.48. The van der Waals surface area contributed by atoms with Gasteiger partial charge in [-0.3, -0.25) is 4.79 Å². The minimum atomic E-state index is -0.385. The van der Waals surface area contributed by atoms with E-state index in [9.17, 15) is 9.59 Å². The SMILES string of the molecule is CCC(C)NC(=O)c1cccc(-c2cc(C(=O)OC)n(C)c2)c1. The topological polar surface area (TPSA) is 60.3 Å². The molecule has 0 aliphatic rings. The van der Waals surface area contributed by atoms with Gasteiger partial charge in [0.1, 0.15) is 5.69 Å². The van der Waals surface area contributed by atoms with Gasteiger partial charge in [0.15, 0.2) is 0 Å². The smallest absolute Gasteiger partial charge is 0.354 e. The van der Waals surface area contributed by atoms with Gasteiger partial charge in [0.25, 0.3) is 5.91 Å². The van der Waals surface area contributed by atoms with E-state index in [1.807, 2.05) is 38.2 Å². The van der Waals surface area contributed by atoms with Crippen molar-refractivity contribution >= 4 is 11.9 Å². The van der Waals surface area contributed by atoms with Crippen molar-refractivity contribution in [2.24, 2.45) is 7.05 Å². The number of hydrogen-bond donors (Lipinski definition) is 1. The highest BCUT2D eigenvalue weighted by molar-refractivity contribution is 5.96. The Morgan fingerprint density at radius 1 is 1.26 bits per heavy atom. The number of rotatable bonds is 5. The monoisotopic (exact) mass is 314 g/mol. The van der Waals surface area contributed by atoms with Crippen LogP contribution in [0.4, 0.5) is 0 Å². The van der Waals surface area contributed by atoms with Crippen molar-refractivity contribution in [3.8, 4) is 11.1 Å². The van der Waals surface area contributed by atoms with Gasteiger partial charge >= 0.3 is 5.97 Å². The van der Waals surface area contributed by atoms with Gasteiger partial charge in [-0.2, -0.15) is 0 Å². The first kappa shape index (κ1) is 16.8. The van der Waals surface area contributed by atoms with E-state index in [-0.39, 0.29) is 17.9 Å². The van der Waals surface area contributed by atoms with Gasteiger partial charge in [0.05, 0.1) is 7.11 Å². The predicted molar refractivity (Wildman–Crippen MR) is 89.4 cm³/mol. The molecule has 5 nitrogen and oxygen atoms in total. The molecule has 2 aromatic rings. The van der Waals surface area contributed by atoms with Crippen LogP contribution in [0.15, 0.2) is 36.5 Å². The van der Waals surface area contributed by atoms with Crippen LogP contribution >= 0.6 is 0 Å². The highest BCUT2D eigenvalue weighted by Crippen LogP contribution is 2.23. The van der Waals surface area contributed by atoms with Crippen LogP contribution in [-0.2, 0) is 11.8 Å². The average molecular weight is 314 g/mol. The van der Waals surface area contributed by atoms with Gasteiger partial charge in [0, 0.05) is 30.4 Å². The average Bonchev–Trinajstić information content (AvgIpc) is 2.96. The molecule has 1 atom stereocenters. The number of amides is 1. The molecule has 0 fully saturated rings. The van der Waals surface area contributed by atoms with Crippen LogP contribution in [0.1, 0.15) is 41.1 Å². The van der Waals surface area contributed by atoms with Crippen molar-refractivity contribution in [3.63, 3.8) is 0 Å². The summed E-state index contributed by atoms with van der Waals surface area (Å²) in [6.07, 6.45) is 2.73. The number of benzene rings is 1. The molecule has 0 saturated carbocycles. The summed E-state index contributed by atoms with van der Waals surface area (Å²) in [4.78, 5) is 23.9. The Labute approximate surface area is 136 Å². The number of aromatic nitrogens is 1. The Morgan fingerprint density at radius 3 is 2.65 bits per heavy atom. The van der Waals surface area contributed by atoms with E-state index in [0.29, 0.717) is 11.3 Å². The molecule has 1 N–H and O–H groups in total. The van der Waals surface area contributed by atoms with Gasteiger partial charge in [-0.15, -0.1) is 0 Å². The molecular weight excluding hydrogens is 292 g/mol. The largest absolute Gasteiger partial charge is 0.464 e. The Kier molecular flexibility index (Phi) is 5.21. The molecule has 0 radical (unpaired) electrons. The normalized spacial score (nSPS) is 11.8.